The Hall–Kier alpha value is -3.29. The fraction of sp³-hybridized carbons (Fsp3) is 0.200. The topological polar surface area (TPSA) is 71.6 Å². The molecule has 4 aromatic rings. The Labute approximate surface area is 187 Å². The fourth-order valence-electron chi connectivity index (χ4n) is 4.56. The molecule has 0 amide bonds. The number of aromatic nitrogens is 1. The summed E-state index contributed by atoms with van der Waals surface area (Å²) >= 11 is 0. The van der Waals surface area contributed by atoms with Gasteiger partial charge in [0.2, 0.25) is 10.0 Å². The number of methoxy groups -OCH3 is 2. The van der Waals surface area contributed by atoms with Gasteiger partial charge in [-0.25, -0.2) is 8.42 Å². The summed E-state index contributed by atoms with van der Waals surface area (Å²) in [4.78, 5) is 3.60. The lowest BCUT2D eigenvalue weighted by Gasteiger charge is -2.35. The van der Waals surface area contributed by atoms with Crippen LogP contribution in [0.3, 0.4) is 0 Å². The van der Waals surface area contributed by atoms with Crippen molar-refractivity contribution < 1.29 is 17.9 Å². The second-order valence-electron chi connectivity index (χ2n) is 7.76. The highest BCUT2D eigenvalue weighted by molar-refractivity contribution is 7.89. The molecule has 0 fully saturated rings. The maximum absolute atomic E-state index is 14.0. The predicted molar refractivity (Wildman–Crippen MR) is 124 cm³/mol. The Bertz CT molecular complexity index is 1380. The Kier molecular flexibility index (Phi) is 5.15. The standard InChI is InChI=1S/C25H24N2O4S/c1-30-18-12-13-22(31-2)23(16-18)32(28,29)27-15-14-20-19-10-6-7-11-21(19)26-24(20)25(27)17-8-4-3-5-9-17/h3-13,16,25-26H,14-15H2,1-2H3/t25-/m0/s1. The first-order chi connectivity index (χ1) is 15.5. The third-order valence-electron chi connectivity index (χ3n) is 6.06. The number of rotatable bonds is 5. The minimum atomic E-state index is -3.91. The number of nitrogens with zero attached hydrogens (tertiary/aromatic N) is 1. The third kappa shape index (κ3) is 3.25. The lowest BCUT2D eigenvalue weighted by Crippen LogP contribution is -2.40. The van der Waals surface area contributed by atoms with Crippen LogP contribution in [0, 0.1) is 0 Å². The van der Waals surface area contributed by atoms with E-state index in [1.807, 2.05) is 48.5 Å². The zero-order valence-corrected chi connectivity index (χ0v) is 18.7. The van der Waals surface area contributed by atoms with E-state index < -0.39 is 16.1 Å². The van der Waals surface area contributed by atoms with Gasteiger partial charge in [-0.05, 0) is 35.7 Å². The van der Waals surface area contributed by atoms with E-state index in [0.29, 0.717) is 24.5 Å². The number of aromatic amines is 1. The molecule has 7 heteroatoms. The molecular formula is C25H24N2O4S. The first-order valence-electron chi connectivity index (χ1n) is 10.4. The molecule has 5 rings (SSSR count). The molecule has 0 radical (unpaired) electrons. The van der Waals surface area contributed by atoms with Crippen molar-refractivity contribution in [3.8, 4) is 11.5 Å². The minimum Gasteiger partial charge on any atom is -0.497 e. The number of hydrogen-bond donors (Lipinski definition) is 1. The number of ether oxygens (including phenoxy) is 2. The van der Waals surface area contributed by atoms with Crippen LogP contribution in [0.25, 0.3) is 10.9 Å². The average molecular weight is 449 g/mol. The molecule has 0 bridgehead atoms. The zero-order chi connectivity index (χ0) is 22.3. The molecule has 1 N–H and O–H groups in total. The van der Waals surface area contributed by atoms with E-state index in [-0.39, 0.29) is 4.90 Å². The zero-order valence-electron chi connectivity index (χ0n) is 17.9. The lowest BCUT2D eigenvalue weighted by atomic mass is 9.94. The van der Waals surface area contributed by atoms with Crippen molar-refractivity contribution in [2.75, 3.05) is 20.8 Å². The van der Waals surface area contributed by atoms with Crippen LogP contribution < -0.4 is 9.47 Å². The molecule has 0 spiro atoms. The highest BCUT2D eigenvalue weighted by atomic mass is 32.2. The average Bonchev–Trinajstić information content (AvgIpc) is 3.22. The molecule has 6 nitrogen and oxygen atoms in total. The molecule has 3 aromatic carbocycles. The summed E-state index contributed by atoms with van der Waals surface area (Å²) in [5.41, 5.74) is 4.00. The largest absolute Gasteiger partial charge is 0.497 e. The van der Waals surface area contributed by atoms with Gasteiger partial charge in [-0.3, -0.25) is 0 Å². The molecule has 1 aromatic heterocycles. The number of para-hydroxylation sites is 1. The summed E-state index contributed by atoms with van der Waals surface area (Å²) in [7, 11) is -0.916. The molecule has 1 aliphatic rings. The van der Waals surface area contributed by atoms with E-state index >= 15 is 0 Å². The van der Waals surface area contributed by atoms with Gasteiger partial charge < -0.3 is 14.5 Å². The summed E-state index contributed by atoms with van der Waals surface area (Å²) in [5.74, 6) is 0.754. The third-order valence-corrected chi connectivity index (χ3v) is 7.95. The molecule has 0 unspecified atom stereocenters. The monoisotopic (exact) mass is 448 g/mol. The molecular weight excluding hydrogens is 424 g/mol. The van der Waals surface area contributed by atoms with Gasteiger partial charge in [-0.2, -0.15) is 4.31 Å². The van der Waals surface area contributed by atoms with Crippen molar-refractivity contribution in [3.63, 3.8) is 0 Å². The maximum atomic E-state index is 14.0. The summed E-state index contributed by atoms with van der Waals surface area (Å²) in [6.07, 6.45) is 0.619. The second-order valence-corrected chi connectivity index (χ2v) is 9.62. The lowest BCUT2D eigenvalue weighted by molar-refractivity contribution is 0.335. The molecule has 0 saturated heterocycles. The number of hydrogen-bond acceptors (Lipinski definition) is 4. The molecule has 164 valence electrons. The van der Waals surface area contributed by atoms with Gasteiger partial charge in [0, 0.05) is 29.2 Å². The van der Waals surface area contributed by atoms with Crippen LogP contribution in [0.15, 0.2) is 77.7 Å². The van der Waals surface area contributed by atoms with Gasteiger partial charge >= 0.3 is 0 Å². The molecule has 32 heavy (non-hydrogen) atoms. The van der Waals surface area contributed by atoms with E-state index in [9.17, 15) is 8.42 Å². The summed E-state index contributed by atoms with van der Waals surface area (Å²) in [6, 6.07) is 22.2. The van der Waals surface area contributed by atoms with Crippen LogP contribution in [0.1, 0.15) is 22.9 Å². The molecule has 1 aliphatic heterocycles. The molecule has 0 aliphatic carbocycles. The van der Waals surface area contributed by atoms with E-state index in [4.69, 9.17) is 9.47 Å². The van der Waals surface area contributed by atoms with Gasteiger partial charge in [0.1, 0.15) is 16.4 Å². The van der Waals surface area contributed by atoms with Crippen LogP contribution in [0.5, 0.6) is 11.5 Å². The van der Waals surface area contributed by atoms with Gasteiger partial charge in [0.15, 0.2) is 0 Å². The number of fused-ring (bicyclic) bond motifs is 3. The van der Waals surface area contributed by atoms with Gasteiger partial charge in [-0.1, -0.05) is 48.5 Å². The van der Waals surface area contributed by atoms with Gasteiger partial charge in [0.05, 0.1) is 20.3 Å². The fourth-order valence-corrected chi connectivity index (χ4v) is 6.32. The number of H-pyrrole nitrogens is 1. The Morgan fingerprint density at radius 2 is 1.69 bits per heavy atom. The normalized spacial score (nSPS) is 16.6. The van der Waals surface area contributed by atoms with Crippen LogP contribution in [0.4, 0.5) is 0 Å². The van der Waals surface area contributed by atoms with Crippen molar-refractivity contribution in [3.05, 3.63) is 89.6 Å². The van der Waals surface area contributed by atoms with Crippen molar-refractivity contribution in [2.45, 2.75) is 17.4 Å². The van der Waals surface area contributed by atoms with E-state index in [2.05, 4.69) is 11.1 Å². The Morgan fingerprint density at radius 1 is 0.938 bits per heavy atom. The van der Waals surface area contributed by atoms with Gasteiger partial charge in [-0.15, -0.1) is 0 Å². The number of sulfonamides is 1. The van der Waals surface area contributed by atoms with E-state index in [1.165, 1.54) is 25.8 Å². The summed E-state index contributed by atoms with van der Waals surface area (Å²) in [6.45, 7) is 0.358. The first kappa shape index (κ1) is 20.6. The van der Waals surface area contributed by atoms with Crippen LogP contribution in [0.2, 0.25) is 0 Å². The van der Waals surface area contributed by atoms with Crippen LogP contribution in [-0.4, -0.2) is 38.5 Å². The van der Waals surface area contributed by atoms with Gasteiger partial charge in [0.25, 0.3) is 0 Å². The minimum absolute atomic E-state index is 0.0971. The summed E-state index contributed by atoms with van der Waals surface area (Å²) < 4.78 is 40.3. The summed E-state index contributed by atoms with van der Waals surface area (Å²) in [5, 5.41) is 1.14. The number of benzene rings is 3. The first-order valence-corrected chi connectivity index (χ1v) is 11.9. The van der Waals surface area contributed by atoms with Crippen molar-refractivity contribution in [2.24, 2.45) is 0 Å². The van der Waals surface area contributed by atoms with E-state index in [0.717, 1.165) is 22.2 Å². The predicted octanol–water partition coefficient (Wildman–Crippen LogP) is 4.52. The SMILES string of the molecule is COc1ccc(OC)c(S(=O)(=O)N2CCc3c([nH]c4ccccc34)[C@@H]2c2ccccc2)c1. The smallest absolute Gasteiger partial charge is 0.247 e. The van der Waals surface area contributed by atoms with Crippen LogP contribution in [-0.2, 0) is 16.4 Å². The highest BCUT2D eigenvalue weighted by Crippen LogP contribution is 2.42. The van der Waals surface area contributed by atoms with Crippen molar-refractivity contribution in [1.29, 1.82) is 0 Å². The quantitative estimate of drug-likeness (QED) is 0.487. The van der Waals surface area contributed by atoms with E-state index in [1.54, 1.807) is 16.4 Å². The van der Waals surface area contributed by atoms with Crippen LogP contribution >= 0.6 is 0 Å². The van der Waals surface area contributed by atoms with Crippen molar-refractivity contribution >= 4 is 20.9 Å². The molecule has 2 heterocycles. The highest BCUT2D eigenvalue weighted by Gasteiger charge is 2.40. The molecule has 0 saturated carbocycles. The second kappa shape index (κ2) is 8.00. The Morgan fingerprint density at radius 3 is 2.44 bits per heavy atom. The molecule has 1 atom stereocenters. The Balaban J connectivity index is 1.72. The number of nitrogens with one attached hydrogen (secondary N) is 1. The maximum Gasteiger partial charge on any atom is 0.247 e. The van der Waals surface area contributed by atoms with Crippen molar-refractivity contribution in [1.82, 2.24) is 9.29 Å².